The van der Waals surface area contributed by atoms with Crippen LogP contribution in [-0.2, 0) is 19.0 Å². The maximum atomic E-state index is 11.9. The summed E-state index contributed by atoms with van der Waals surface area (Å²) >= 11 is 0. The van der Waals surface area contributed by atoms with Crippen LogP contribution in [0.25, 0.3) is 0 Å². The molecule has 3 heterocycles. The monoisotopic (exact) mass is 285 g/mol. The summed E-state index contributed by atoms with van der Waals surface area (Å²) in [4.78, 5) is 24.6. The minimum atomic E-state index is -0.729. The molecule has 0 spiro atoms. The Balaban J connectivity index is 1.80. The van der Waals surface area contributed by atoms with Gasteiger partial charge in [-0.25, -0.2) is 4.79 Å². The lowest BCUT2D eigenvalue weighted by Gasteiger charge is -2.34. The van der Waals surface area contributed by atoms with Gasteiger partial charge in [-0.15, -0.1) is 0 Å². The van der Waals surface area contributed by atoms with Crippen molar-refractivity contribution in [2.24, 2.45) is 5.73 Å². The minimum absolute atomic E-state index is 0.251. The van der Waals surface area contributed by atoms with Gasteiger partial charge in [0.25, 0.3) is 0 Å². The van der Waals surface area contributed by atoms with Crippen LogP contribution in [0.1, 0.15) is 20.3 Å². The second-order valence-electron chi connectivity index (χ2n) is 5.66. The number of fused-ring (bicyclic) bond motifs is 1. The number of imide groups is 1. The van der Waals surface area contributed by atoms with Crippen LogP contribution in [0, 0.1) is 0 Å². The fourth-order valence-corrected chi connectivity index (χ4v) is 2.92. The number of amides is 3. The lowest BCUT2D eigenvalue weighted by Crippen LogP contribution is -2.56. The Morgan fingerprint density at radius 3 is 2.70 bits per heavy atom. The molecule has 3 amide bonds. The molecule has 3 fully saturated rings. The van der Waals surface area contributed by atoms with E-state index in [1.807, 2.05) is 13.8 Å². The topological polar surface area (TPSA) is 103 Å². The quantitative estimate of drug-likeness (QED) is 0.684. The van der Waals surface area contributed by atoms with E-state index in [9.17, 15) is 9.59 Å². The first-order chi connectivity index (χ1) is 9.41. The van der Waals surface area contributed by atoms with E-state index in [2.05, 4.69) is 5.32 Å². The van der Waals surface area contributed by atoms with Gasteiger partial charge in [-0.1, -0.05) is 0 Å². The van der Waals surface area contributed by atoms with Crippen molar-refractivity contribution in [2.75, 3.05) is 13.1 Å². The zero-order valence-electron chi connectivity index (χ0n) is 11.5. The third-order valence-corrected chi connectivity index (χ3v) is 3.75. The number of urea groups is 1. The summed E-state index contributed by atoms with van der Waals surface area (Å²) in [5.74, 6) is -1.01. The van der Waals surface area contributed by atoms with E-state index in [1.54, 1.807) is 0 Å². The molecule has 112 valence electrons. The van der Waals surface area contributed by atoms with Crippen LogP contribution in [0.4, 0.5) is 4.79 Å². The fourth-order valence-electron chi connectivity index (χ4n) is 2.92. The summed E-state index contributed by atoms with van der Waals surface area (Å²) in [6.45, 7) is 4.22. The molecule has 20 heavy (non-hydrogen) atoms. The summed E-state index contributed by atoms with van der Waals surface area (Å²) in [5, 5.41) is 2.28. The van der Waals surface area contributed by atoms with Gasteiger partial charge in [0, 0.05) is 19.5 Å². The number of hydrogen-bond acceptors (Lipinski definition) is 6. The largest absolute Gasteiger partial charge is 0.348 e. The maximum Gasteiger partial charge on any atom is 0.326 e. The highest BCUT2D eigenvalue weighted by Gasteiger charge is 2.57. The average molecular weight is 285 g/mol. The molecule has 4 atom stereocenters. The van der Waals surface area contributed by atoms with E-state index in [4.69, 9.17) is 19.9 Å². The highest BCUT2D eigenvalue weighted by Crippen LogP contribution is 2.39. The van der Waals surface area contributed by atoms with Gasteiger partial charge in [0.2, 0.25) is 5.91 Å². The standard InChI is InChI=1S/C12H19N3O5/c1-12(2)19-8-6(5-13)18-10(9(8)20-12)15-4-3-7(16)14-11(15)17/h6,8-10H,3-5,13H2,1-2H3,(H,14,16,17)/t6-,8?,9?,10-/m1/s1. The molecule has 0 saturated carbocycles. The highest BCUT2D eigenvalue weighted by molar-refractivity contribution is 5.96. The van der Waals surface area contributed by atoms with Crippen LogP contribution < -0.4 is 11.1 Å². The van der Waals surface area contributed by atoms with Crippen molar-refractivity contribution in [2.45, 2.75) is 50.6 Å². The predicted octanol–water partition coefficient (Wildman–Crippen LogP) is -0.868. The molecule has 0 aliphatic carbocycles. The Morgan fingerprint density at radius 1 is 1.35 bits per heavy atom. The Labute approximate surface area is 116 Å². The van der Waals surface area contributed by atoms with Crippen molar-refractivity contribution in [3.05, 3.63) is 0 Å². The van der Waals surface area contributed by atoms with Crippen molar-refractivity contribution in [3.63, 3.8) is 0 Å². The molecule has 3 aliphatic rings. The molecular weight excluding hydrogens is 266 g/mol. The van der Waals surface area contributed by atoms with E-state index < -0.39 is 24.2 Å². The van der Waals surface area contributed by atoms with Crippen molar-refractivity contribution >= 4 is 11.9 Å². The predicted molar refractivity (Wildman–Crippen MR) is 66.4 cm³/mol. The normalized spacial score (nSPS) is 39.9. The number of nitrogens with two attached hydrogens (primary N) is 1. The molecule has 0 aromatic heterocycles. The van der Waals surface area contributed by atoms with Gasteiger partial charge in [-0.3, -0.25) is 15.0 Å². The van der Waals surface area contributed by atoms with Gasteiger partial charge < -0.3 is 19.9 Å². The first-order valence-corrected chi connectivity index (χ1v) is 6.73. The summed E-state index contributed by atoms with van der Waals surface area (Å²) in [6, 6.07) is -0.462. The van der Waals surface area contributed by atoms with Gasteiger partial charge in [-0.05, 0) is 13.8 Å². The Kier molecular flexibility index (Phi) is 3.20. The van der Waals surface area contributed by atoms with Crippen LogP contribution in [0.5, 0.6) is 0 Å². The fraction of sp³-hybridized carbons (Fsp3) is 0.833. The molecule has 8 heteroatoms. The molecule has 0 aromatic rings. The summed E-state index contributed by atoms with van der Waals surface area (Å²) in [7, 11) is 0. The molecule has 0 aromatic carbocycles. The first-order valence-electron chi connectivity index (χ1n) is 6.73. The number of carbonyl (C=O) groups is 2. The van der Waals surface area contributed by atoms with Gasteiger partial charge in [-0.2, -0.15) is 0 Å². The Morgan fingerprint density at radius 2 is 2.05 bits per heavy atom. The smallest absolute Gasteiger partial charge is 0.326 e. The molecule has 2 unspecified atom stereocenters. The third kappa shape index (κ3) is 2.18. The molecular formula is C12H19N3O5. The van der Waals surface area contributed by atoms with Crippen molar-refractivity contribution < 1.29 is 23.8 Å². The number of rotatable bonds is 2. The van der Waals surface area contributed by atoms with Crippen molar-refractivity contribution in [1.82, 2.24) is 10.2 Å². The van der Waals surface area contributed by atoms with Gasteiger partial charge >= 0.3 is 6.03 Å². The van der Waals surface area contributed by atoms with Gasteiger partial charge in [0.1, 0.15) is 18.3 Å². The van der Waals surface area contributed by atoms with Crippen molar-refractivity contribution in [3.8, 4) is 0 Å². The SMILES string of the molecule is CC1(C)OC2C(O1)[C@@H](CN)O[C@H]2N1CCC(=O)NC1=O. The molecule has 0 radical (unpaired) electrons. The van der Waals surface area contributed by atoms with Crippen LogP contribution in [0.3, 0.4) is 0 Å². The van der Waals surface area contributed by atoms with E-state index in [0.29, 0.717) is 6.54 Å². The molecule has 3 rings (SSSR count). The molecule has 3 N–H and O–H groups in total. The summed E-state index contributed by atoms with van der Waals surface area (Å²) in [5.41, 5.74) is 5.69. The minimum Gasteiger partial charge on any atom is -0.348 e. The van der Waals surface area contributed by atoms with E-state index in [-0.39, 0.29) is 31.1 Å². The van der Waals surface area contributed by atoms with E-state index in [0.717, 1.165) is 0 Å². The highest BCUT2D eigenvalue weighted by atomic mass is 16.8. The number of nitrogens with zero attached hydrogens (tertiary/aromatic N) is 1. The number of nitrogens with one attached hydrogen (secondary N) is 1. The average Bonchev–Trinajstić information content (AvgIpc) is 2.83. The number of carbonyl (C=O) groups excluding carboxylic acids is 2. The Hall–Kier alpha value is -1.22. The number of ether oxygens (including phenoxy) is 3. The zero-order valence-corrected chi connectivity index (χ0v) is 11.5. The van der Waals surface area contributed by atoms with Crippen LogP contribution in [-0.4, -0.2) is 60.3 Å². The third-order valence-electron chi connectivity index (χ3n) is 3.75. The molecule has 8 nitrogen and oxygen atoms in total. The lowest BCUT2D eigenvalue weighted by atomic mass is 10.1. The van der Waals surface area contributed by atoms with Crippen LogP contribution >= 0.6 is 0 Å². The molecule has 3 aliphatic heterocycles. The molecule has 3 saturated heterocycles. The maximum absolute atomic E-state index is 11.9. The molecule has 0 bridgehead atoms. The van der Waals surface area contributed by atoms with E-state index >= 15 is 0 Å². The van der Waals surface area contributed by atoms with Crippen LogP contribution in [0.2, 0.25) is 0 Å². The van der Waals surface area contributed by atoms with Crippen LogP contribution in [0.15, 0.2) is 0 Å². The summed E-state index contributed by atoms with van der Waals surface area (Å²) < 4.78 is 17.4. The first kappa shape index (κ1) is 13.7. The number of hydrogen-bond donors (Lipinski definition) is 2. The van der Waals surface area contributed by atoms with Crippen molar-refractivity contribution in [1.29, 1.82) is 0 Å². The van der Waals surface area contributed by atoms with Gasteiger partial charge in [0.15, 0.2) is 12.0 Å². The zero-order chi connectivity index (χ0) is 14.5. The second kappa shape index (κ2) is 4.66. The van der Waals surface area contributed by atoms with E-state index in [1.165, 1.54) is 4.90 Å². The lowest BCUT2D eigenvalue weighted by molar-refractivity contribution is -0.200. The summed E-state index contributed by atoms with van der Waals surface area (Å²) in [6.07, 6.45) is -1.34. The second-order valence-corrected chi connectivity index (χ2v) is 5.66. The Bertz CT molecular complexity index is 441. The van der Waals surface area contributed by atoms with Gasteiger partial charge in [0.05, 0.1) is 0 Å².